The number of aromatic nitrogens is 1. The minimum Gasteiger partial charge on any atom is -0.374 e. The monoisotopic (exact) mass is 494 g/mol. The summed E-state index contributed by atoms with van der Waals surface area (Å²) in [5.41, 5.74) is 4.25. The molecule has 0 radical (unpaired) electrons. The van der Waals surface area contributed by atoms with E-state index in [9.17, 15) is 9.90 Å². The van der Waals surface area contributed by atoms with Crippen LogP contribution in [0.4, 0.5) is 0 Å². The van der Waals surface area contributed by atoms with Crippen molar-refractivity contribution in [3.63, 3.8) is 0 Å². The van der Waals surface area contributed by atoms with Crippen LogP contribution in [0.5, 0.6) is 0 Å². The summed E-state index contributed by atoms with van der Waals surface area (Å²) in [5.74, 6) is -0.141. The number of likely N-dealkylation sites (N-methyl/N-ethyl adjacent to an activating group) is 1. The zero-order chi connectivity index (χ0) is 25.8. The first-order valence-electron chi connectivity index (χ1n) is 12.9. The Hall–Kier alpha value is -3.58. The predicted octanol–water partition coefficient (Wildman–Crippen LogP) is 4.72. The number of aliphatic hydroxyl groups is 1. The standard InChI is InChI=1S/C31H34N4O2/c1-34(2)25-18-17-24(20-33-30(36)28-16-8-12-23-13-9-19-32-29(23)28)35(21-25)31(37)27-15-7-6-14-26(27)22-10-4-3-5-11-22/h3-16,19,24-25,31,37H,17-18,20-21H2,1-2H3,(H,33,36). The fraction of sp³-hybridized carbons (Fsp3) is 0.290. The lowest BCUT2D eigenvalue weighted by atomic mass is 9.93. The molecule has 1 aromatic heterocycles. The van der Waals surface area contributed by atoms with Crippen molar-refractivity contribution >= 4 is 16.8 Å². The van der Waals surface area contributed by atoms with E-state index in [0.29, 0.717) is 30.2 Å². The number of rotatable bonds is 7. The second-order valence-electron chi connectivity index (χ2n) is 9.96. The lowest BCUT2D eigenvalue weighted by Crippen LogP contribution is -2.54. The number of piperidine rings is 1. The summed E-state index contributed by atoms with van der Waals surface area (Å²) in [7, 11) is 4.17. The van der Waals surface area contributed by atoms with Crippen LogP contribution in [0, 0.1) is 0 Å². The van der Waals surface area contributed by atoms with Crippen LogP contribution in [0.15, 0.2) is 91.1 Å². The lowest BCUT2D eigenvalue weighted by molar-refractivity contribution is -0.0597. The number of para-hydroxylation sites is 1. The number of benzene rings is 3. The number of fused-ring (bicyclic) bond motifs is 1. The van der Waals surface area contributed by atoms with Crippen LogP contribution in [-0.4, -0.2) is 65.1 Å². The number of likely N-dealkylation sites (tertiary alicyclic amines) is 1. The highest BCUT2D eigenvalue weighted by molar-refractivity contribution is 6.05. The van der Waals surface area contributed by atoms with E-state index >= 15 is 0 Å². The molecule has 1 saturated heterocycles. The number of hydrogen-bond acceptors (Lipinski definition) is 5. The van der Waals surface area contributed by atoms with E-state index in [0.717, 1.165) is 34.9 Å². The van der Waals surface area contributed by atoms with Crippen LogP contribution in [0.1, 0.15) is 35.0 Å². The number of nitrogens with one attached hydrogen (secondary N) is 1. The Morgan fingerprint density at radius 2 is 1.76 bits per heavy atom. The first kappa shape index (κ1) is 25.1. The fourth-order valence-electron chi connectivity index (χ4n) is 5.35. The molecule has 2 N–H and O–H groups in total. The van der Waals surface area contributed by atoms with Crippen LogP contribution in [-0.2, 0) is 0 Å². The number of nitrogens with zero attached hydrogens (tertiary/aromatic N) is 3. The third kappa shape index (κ3) is 5.42. The maximum atomic E-state index is 13.2. The molecule has 6 nitrogen and oxygen atoms in total. The van der Waals surface area contributed by atoms with E-state index in [1.807, 2.05) is 66.7 Å². The predicted molar refractivity (Wildman–Crippen MR) is 148 cm³/mol. The van der Waals surface area contributed by atoms with Gasteiger partial charge in [0, 0.05) is 42.3 Å². The van der Waals surface area contributed by atoms with Crippen molar-refractivity contribution in [2.75, 3.05) is 27.2 Å². The van der Waals surface area contributed by atoms with E-state index in [-0.39, 0.29) is 11.9 Å². The van der Waals surface area contributed by atoms with Crippen molar-refractivity contribution in [3.8, 4) is 11.1 Å². The van der Waals surface area contributed by atoms with Gasteiger partial charge in [-0.15, -0.1) is 0 Å². The van der Waals surface area contributed by atoms with E-state index in [1.165, 1.54) is 0 Å². The van der Waals surface area contributed by atoms with Gasteiger partial charge in [-0.3, -0.25) is 14.7 Å². The Kier molecular flexibility index (Phi) is 7.60. The molecule has 3 atom stereocenters. The van der Waals surface area contributed by atoms with E-state index in [1.54, 1.807) is 6.20 Å². The Bertz CT molecular complexity index is 1350. The summed E-state index contributed by atoms with van der Waals surface area (Å²) in [6.07, 6.45) is 2.80. The minimum atomic E-state index is -0.791. The van der Waals surface area contributed by atoms with E-state index in [4.69, 9.17) is 0 Å². The lowest BCUT2D eigenvalue weighted by Gasteiger charge is -2.44. The summed E-state index contributed by atoms with van der Waals surface area (Å²) in [6.45, 7) is 1.17. The van der Waals surface area contributed by atoms with Gasteiger partial charge < -0.3 is 15.3 Å². The number of carbonyl (C=O) groups is 1. The van der Waals surface area contributed by atoms with Crippen molar-refractivity contribution in [2.45, 2.75) is 31.2 Å². The summed E-state index contributed by atoms with van der Waals surface area (Å²) >= 11 is 0. The Labute approximate surface area is 218 Å². The van der Waals surface area contributed by atoms with Gasteiger partial charge in [-0.1, -0.05) is 72.8 Å². The molecule has 6 heteroatoms. The van der Waals surface area contributed by atoms with Gasteiger partial charge in [0.1, 0.15) is 6.23 Å². The van der Waals surface area contributed by atoms with Crippen molar-refractivity contribution in [1.82, 2.24) is 20.1 Å². The van der Waals surface area contributed by atoms with Gasteiger partial charge in [0.05, 0.1) is 11.1 Å². The smallest absolute Gasteiger partial charge is 0.253 e. The van der Waals surface area contributed by atoms with E-state index in [2.05, 4.69) is 52.4 Å². The summed E-state index contributed by atoms with van der Waals surface area (Å²) in [4.78, 5) is 22.0. The van der Waals surface area contributed by atoms with Gasteiger partial charge in [-0.05, 0) is 50.2 Å². The molecule has 0 spiro atoms. The van der Waals surface area contributed by atoms with Crippen molar-refractivity contribution in [1.29, 1.82) is 0 Å². The number of pyridine rings is 1. The SMILES string of the molecule is CN(C)C1CCC(CNC(=O)c2cccc3cccnc23)N(C(O)c2ccccc2-c2ccccc2)C1. The molecule has 2 heterocycles. The average molecular weight is 495 g/mol. The quantitative estimate of drug-likeness (QED) is 0.389. The molecule has 1 fully saturated rings. The molecule has 1 amide bonds. The maximum Gasteiger partial charge on any atom is 0.253 e. The second kappa shape index (κ2) is 11.2. The molecule has 1 aliphatic heterocycles. The van der Waals surface area contributed by atoms with Crippen molar-refractivity contribution in [2.24, 2.45) is 0 Å². The summed E-state index contributed by atoms with van der Waals surface area (Å²) < 4.78 is 0. The van der Waals surface area contributed by atoms with Gasteiger partial charge in [-0.2, -0.15) is 0 Å². The first-order chi connectivity index (χ1) is 18.0. The highest BCUT2D eigenvalue weighted by Crippen LogP contribution is 2.34. The highest BCUT2D eigenvalue weighted by Gasteiger charge is 2.35. The zero-order valence-electron chi connectivity index (χ0n) is 21.4. The molecule has 0 saturated carbocycles. The average Bonchev–Trinajstić information content (AvgIpc) is 2.95. The van der Waals surface area contributed by atoms with Gasteiger partial charge >= 0.3 is 0 Å². The molecule has 37 heavy (non-hydrogen) atoms. The summed E-state index contributed by atoms with van der Waals surface area (Å²) in [5, 5.41) is 15.8. The number of hydrogen-bond donors (Lipinski definition) is 2. The molecule has 5 rings (SSSR count). The topological polar surface area (TPSA) is 68.7 Å². The Morgan fingerprint density at radius 3 is 2.57 bits per heavy atom. The van der Waals surface area contributed by atoms with Crippen LogP contribution < -0.4 is 5.32 Å². The minimum absolute atomic E-state index is 0.00177. The van der Waals surface area contributed by atoms with Crippen molar-refractivity contribution < 1.29 is 9.90 Å². The van der Waals surface area contributed by atoms with Crippen LogP contribution >= 0.6 is 0 Å². The number of aliphatic hydroxyl groups excluding tert-OH is 1. The third-order valence-electron chi connectivity index (χ3n) is 7.47. The van der Waals surface area contributed by atoms with Gasteiger partial charge in [0.25, 0.3) is 5.91 Å². The normalized spacial score (nSPS) is 19.1. The summed E-state index contributed by atoms with van der Waals surface area (Å²) in [6, 6.07) is 28.0. The van der Waals surface area contributed by atoms with Gasteiger partial charge in [0.2, 0.25) is 0 Å². The van der Waals surface area contributed by atoms with E-state index < -0.39 is 6.23 Å². The molecular formula is C31H34N4O2. The highest BCUT2D eigenvalue weighted by atomic mass is 16.3. The number of carbonyl (C=O) groups excluding carboxylic acids is 1. The Balaban J connectivity index is 1.39. The zero-order valence-corrected chi connectivity index (χ0v) is 21.4. The molecule has 4 aromatic rings. The Morgan fingerprint density at radius 1 is 1.00 bits per heavy atom. The van der Waals surface area contributed by atoms with Crippen LogP contribution in [0.2, 0.25) is 0 Å². The first-order valence-corrected chi connectivity index (χ1v) is 12.9. The molecule has 0 aliphatic carbocycles. The molecular weight excluding hydrogens is 460 g/mol. The maximum absolute atomic E-state index is 13.2. The molecule has 3 unspecified atom stereocenters. The molecule has 1 aliphatic rings. The molecule has 3 aromatic carbocycles. The third-order valence-corrected chi connectivity index (χ3v) is 7.47. The second-order valence-corrected chi connectivity index (χ2v) is 9.96. The fourth-order valence-corrected chi connectivity index (χ4v) is 5.35. The van der Waals surface area contributed by atoms with Gasteiger partial charge in [-0.25, -0.2) is 0 Å². The largest absolute Gasteiger partial charge is 0.374 e. The van der Waals surface area contributed by atoms with Crippen LogP contribution in [0.25, 0.3) is 22.0 Å². The molecule has 190 valence electrons. The molecule has 0 bridgehead atoms. The number of amides is 1. The van der Waals surface area contributed by atoms with Crippen molar-refractivity contribution in [3.05, 3.63) is 102 Å². The van der Waals surface area contributed by atoms with Gasteiger partial charge in [0.15, 0.2) is 0 Å². The van der Waals surface area contributed by atoms with Crippen LogP contribution in [0.3, 0.4) is 0 Å².